The van der Waals surface area contributed by atoms with Gasteiger partial charge < -0.3 is 21.8 Å². The van der Waals surface area contributed by atoms with Crippen molar-refractivity contribution in [1.29, 1.82) is 0 Å². The second kappa shape index (κ2) is 12.4. The summed E-state index contributed by atoms with van der Waals surface area (Å²) in [4.78, 5) is 18.1. The maximum atomic E-state index is 10.7. The molecule has 2 aromatic carbocycles. The van der Waals surface area contributed by atoms with E-state index >= 15 is 0 Å². The monoisotopic (exact) mass is 475 g/mol. The fourth-order valence-electron chi connectivity index (χ4n) is 2.47. The molecule has 1 aromatic heterocycles. The number of nitro groups is 1. The molecular weight excluding hydrogens is 448 g/mol. The standard InChI is InChI=1S/C11H11N5O2.C8H11N.C2H6O3S/c1-6-9(10(12)15-11(13)14-6)7-3-2-4-8(5-7)16(17)18;1-7-2-4-8(6-9)5-3-7;1-2-6(3,4)5/h2-5H,1H3,(H4,12,13,14,15);2-5H,6,9H2,1H3;2H2,1H3,(H,3,4,5)/p-1. The smallest absolute Gasteiger partial charge is 0.270 e. The Morgan fingerprint density at radius 2 is 1.61 bits per heavy atom. The first kappa shape index (κ1) is 27.4. The van der Waals surface area contributed by atoms with Crippen LogP contribution in [0.2, 0.25) is 0 Å². The molecular formula is C21H27N6O5S-. The summed E-state index contributed by atoms with van der Waals surface area (Å²) >= 11 is 0. The van der Waals surface area contributed by atoms with Crippen LogP contribution in [-0.4, -0.2) is 33.6 Å². The minimum absolute atomic E-state index is 0.0110. The number of nitro benzene ring substituents is 1. The van der Waals surface area contributed by atoms with Gasteiger partial charge in [0.25, 0.3) is 5.69 Å². The van der Waals surface area contributed by atoms with E-state index in [1.54, 1.807) is 19.1 Å². The average Bonchev–Trinajstić information content (AvgIpc) is 2.74. The third-order valence-electron chi connectivity index (χ3n) is 4.19. The molecule has 0 bridgehead atoms. The first-order valence-corrected chi connectivity index (χ1v) is 11.3. The number of nitrogen functional groups attached to an aromatic ring is 2. The number of aromatic nitrogens is 2. The fraction of sp³-hybridized carbons (Fsp3) is 0.238. The Balaban J connectivity index is 0.000000301. The molecule has 0 radical (unpaired) electrons. The van der Waals surface area contributed by atoms with Crippen molar-refractivity contribution in [3.8, 4) is 11.1 Å². The van der Waals surface area contributed by atoms with Crippen LogP contribution in [0.15, 0.2) is 48.5 Å². The Labute approximate surface area is 192 Å². The van der Waals surface area contributed by atoms with Gasteiger partial charge in [-0.2, -0.15) is 4.98 Å². The molecule has 0 aliphatic rings. The molecule has 178 valence electrons. The third kappa shape index (κ3) is 9.60. The molecule has 0 spiro atoms. The lowest BCUT2D eigenvalue weighted by Crippen LogP contribution is -2.04. The van der Waals surface area contributed by atoms with Gasteiger partial charge in [0.05, 0.1) is 20.7 Å². The van der Waals surface area contributed by atoms with E-state index in [0.717, 1.165) is 0 Å². The van der Waals surface area contributed by atoms with E-state index < -0.39 is 15.0 Å². The second-order valence-corrected chi connectivity index (χ2v) is 8.46. The molecule has 33 heavy (non-hydrogen) atoms. The predicted molar refractivity (Wildman–Crippen MR) is 127 cm³/mol. The highest BCUT2D eigenvalue weighted by Gasteiger charge is 2.13. The first-order valence-electron chi connectivity index (χ1n) is 9.71. The summed E-state index contributed by atoms with van der Waals surface area (Å²) in [6.07, 6.45) is 0. The van der Waals surface area contributed by atoms with Gasteiger partial charge in [-0.1, -0.05) is 48.9 Å². The van der Waals surface area contributed by atoms with Crippen LogP contribution < -0.4 is 17.2 Å². The van der Waals surface area contributed by atoms with Crippen LogP contribution in [0.4, 0.5) is 17.5 Å². The van der Waals surface area contributed by atoms with E-state index in [0.29, 0.717) is 23.4 Å². The van der Waals surface area contributed by atoms with E-state index in [1.807, 2.05) is 0 Å². The predicted octanol–water partition coefficient (Wildman–Crippen LogP) is 2.53. The summed E-state index contributed by atoms with van der Waals surface area (Å²) in [6.45, 7) is 5.74. The molecule has 12 heteroatoms. The molecule has 0 saturated carbocycles. The summed E-state index contributed by atoms with van der Waals surface area (Å²) in [6, 6.07) is 14.4. The maximum absolute atomic E-state index is 10.7. The SMILES string of the molecule is CCS(=O)(=O)[O-].Cc1ccc(CN)cc1.Cc1nc(N)nc(N)c1-c1cccc([N+](=O)[O-])c1. The van der Waals surface area contributed by atoms with Gasteiger partial charge in [0.1, 0.15) is 5.82 Å². The van der Waals surface area contributed by atoms with Gasteiger partial charge in [0.15, 0.2) is 0 Å². The van der Waals surface area contributed by atoms with Crippen molar-refractivity contribution < 1.29 is 17.9 Å². The van der Waals surface area contributed by atoms with Gasteiger partial charge in [0.2, 0.25) is 5.95 Å². The lowest BCUT2D eigenvalue weighted by molar-refractivity contribution is -0.384. The molecule has 6 N–H and O–H groups in total. The van der Waals surface area contributed by atoms with Crippen LogP contribution in [0, 0.1) is 24.0 Å². The molecule has 0 aliphatic carbocycles. The number of hydrogen-bond donors (Lipinski definition) is 3. The molecule has 1 heterocycles. The highest BCUT2D eigenvalue weighted by Crippen LogP contribution is 2.30. The quantitative estimate of drug-likeness (QED) is 0.285. The largest absolute Gasteiger partial charge is 0.748 e. The normalized spacial score (nSPS) is 10.3. The molecule has 0 fully saturated rings. The summed E-state index contributed by atoms with van der Waals surface area (Å²) in [5.41, 5.74) is 20.9. The van der Waals surface area contributed by atoms with Crippen LogP contribution in [0.5, 0.6) is 0 Å². The number of hydrogen-bond acceptors (Lipinski definition) is 10. The molecule has 0 amide bonds. The Bertz CT molecular complexity index is 1160. The highest BCUT2D eigenvalue weighted by molar-refractivity contribution is 7.85. The summed E-state index contributed by atoms with van der Waals surface area (Å²) in [5, 5.41) is 10.7. The highest BCUT2D eigenvalue weighted by atomic mass is 32.2. The minimum atomic E-state index is -3.91. The lowest BCUT2D eigenvalue weighted by Gasteiger charge is -2.08. The van der Waals surface area contributed by atoms with Gasteiger partial charge in [-0.3, -0.25) is 10.1 Å². The van der Waals surface area contributed by atoms with Gasteiger partial charge in [-0.05, 0) is 25.0 Å². The zero-order valence-corrected chi connectivity index (χ0v) is 19.4. The van der Waals surface area contributed by atoms with Crippen LogP contribution >= 0.6 is 0 Å². The van der Waals surface area contributed by atoms with Crippen LogP contribution in [0.1, 0.15) is 23.7 Å². The van der Waals surface area contributed by atoms with Crippen molar-refractivity contribution in [2.45, 2.75) is 27.3 Å². The zero-order valence-electron chi connectivity index (χ0n) is 18.6. The van der Waals surface area contributed by atoms with Gasteiger partial charge in [-0.25, -0.2) is 13.4 Å². The topological polar surface area (TPSA) is 204 Å². The number of benzene rings is 2. The van der Waals surface area contributed by atoms with E-state index in [1.165, 1.54) is 30.2 Å². The maximum Gasteiger partial charge on any atom is 0.270 e. The van der Waals surface area contributed by atoms with E-state index in [2.05, 4.69) is 41.2 Å². The molecule has 11 nitrogen and oxygen atoms in total. The zero-order chi connectivity index (χ0) is 25.2. The number of rotatable bonds is 4. The van der Waals surface area contributed by atoms with Crippen molar-refractivity contribution in [1.82, 2.24) is 9.97 Å². The van der Waals surface area contributed by atoms with Crippen molar-refractivity contribution >= 4 is 27.6 Å². The van der Waals surface area contributed by atoms with Crippen molar-refractivity contribution in [2.24, 2.45) is 5.73 Å². The summed E-state index contributed by atoms with van der Waals surface area (Å²) in [7, 11) is -3.91. The van der Waals surface area contributed by atoms with Gasteiger partial charge in [0, 0.05) is 30.0 Å². The Morgan fingerprint density at radius 3 is 2.06 bits per heavy atom. The first-order chi connectivity index (χ1) is 15.4. The van der Waals surface area contributed by atoms with Crippen LogP contribution in [0.25, 0.3) is 11.1 Å². The third-order valence-corrected chi connectivity index (χ3v) is 4.90. The van der Waals surface area contributed by atoms with E-state index in [4.69, 9.17) is 17.2 Å². The van der Waals surface area contributed by atoms with E-state index in [9.17, 15) is 23.1 Å². The Kier molecular flexibility index (Phi) is 10.3. The van der Waals surface area contributed by atoms with Gasteiger partial charge in [-0.15, -0.1) is 0 Å². The fourth-order valence-corrected chi connectivity index (χ4v) is 2.47. The average molecular weight is 476 g/mol. The minimum Gasteiger partial charge on any atom is -0.748 e. The summed E-state index contributed by atoms with van der Waals surface area (Å²) in [5.74, 6) is -0.0211. The number of anilines is 2. The Morgan fingerprint density at radius 1 is 1.03 bits per heavy atom. The van der Waals surface area contributed by atoms with Crippen molar-refractivity contribution in [3.05, 3.63) is 75.5 Å². The molecule has 3 rings (SSSR count). The molecule has 0 aliphatic heterocycles. The van der Waals surface area contributed by atoms with Crippen molar-refractivity contribution in [3.63, 3.8) is 0 Å². The van der Waals surface area contributed by atoms with Crippen molar-refractivity contribution in [2.75, 3.05) is 17.2 Å². The molecule has 0 unspecified atom stereocenters. The van der Waals surface area contributed by atoms with E-state index in [-0.39, 0.29) is 23.2 Å². The molecule has 3 aromatic rings. The van der Waals surface area contributed by atoms with Crippen LogP contribution in [0.3, 0.4) is 0 Å². The second-order valence-electron chi connectivity index (χ2n) is 6.77. The Hall–Kier alpha value is -3.61. The molecule has 0 atom stereocenters. The molecule has 0 saturated heterocycles. The number of aryl methyl sites for hydroxylation is 2. The van der Waals surface area contributed by atoms with Crippen LogP contribution in [-0.2, 0) is 16.7 Å². The summed E-state index contributed by atoms with van der Waals surface area (Å²) < 4.78 is 28.3. The number of non-ortho nitro benzene ring substituents is 1. The number of nitrogens with two attached hydrogens (primary N) is 3. The van der Waals surface area contributed by atoms with Gasteiger partial charge >= 0.3 is 0 Å². The number of nitrogens with zero attached hydrogens (tertiary/aromatic N) is 3. The lowest BCUT2D eigenvalue weighted by atomic mass is 10.0.